The number of carbonyl (C=O) groups excluding carboxylic acids is 1. The highest BCUT2D eigenvalue weighted by Crippen LogP contribution is 2.34. The summed E-state index contributed by atoms with van der Waals surface area (Å²) >= 11 is 0. The fourth-order valence-corrected chi connectivity index (χ4v) is 2.22. The molecule has 0 heterocycles. The Morgan fingerprint density at radius 3 is 2.62 bits per heavy atom. The topological polar surface area (TPSA) is 87.0 Å². The largest absolute Gasteiger partial charge is 0.507 e. The maximum atomic E-state index is 11.3. The van der Waals surface area contributed by atoms with Crippen LogP contribution in [0, 0.1) is 0 Å². The van der Waals surface area contributed by atoms with Gasteiger partial charge in [-0.15, -0.1) is 0 Å². The van der Waals surface area contributed by atoms with E-state index < -0.39 is 18.2 Å². The molecule has 2 unspecified atom stereocenters. The molecule has 2 aromatic carbocycles. The zero-order valence-corrected chi connectivity index (χ0v) is 11.7. The van der Waals surface area contributed by atoms with Gasteiger partial charge in [0.25, 0.3) is 0 Å². The van der Waals surface area contributed by atoms with E-state index in [9.17, 15) is 20.1 Å². The van der Waals surface area contributed by atoms with Crippen LogP contribution in [-0.4, -0.2) is 34.0 Å². The van der Waals surface area contributed by atoms with Gasteiger partial charge in [-0.25, -0.2) is 0 Å². The van der Waals surface area contributed by atoms with Gasteiger partial charge in [-0.1, -0.05) is 36.4 Å². The number of rotatable bonds is 5. The maximum absolute atomic E-state index is 11.3. The third-order valence-corrected chi connectivity index (χ3v) is 3.30. The zero-order chi connectivity index (χ0) is 15.4. The molecule has 0 aliphatic carbocycles. The fraction of sp³-hybridized carbons (Fsp3) is 0.312. The lowest BCUT2D eigenvalue weighted by Crippen LogP contribution is -2.23. The van der Waals surface area contributed by atoms with Crippen molar-refractivity contribution in [2.45, 2.75) is 25.6 Å². The number of benzene rings is 2. The predicted octanol–water partition coefficient (Wildman–Crippen LogP) is 1.89. The average molecular weight is 290 g/mol. The molecular formula is C16H18O5. The van der Waals surface area contributed by atoms with Crippen molar-refractivity contribution in [2.75, 3.05) is 6.61 Å². The smallest absolute Gasteiger partial charge is 0.308 e. The molecule has 0 radical (unpaired) electrons. The molecule has 3 N–H and O–H groups in total. The second kappa shape index (κ2) is 6.56. The lowest BCUT2D eigenvalue weighted by Gasteiger charge is -2.19. The lowest BCUT2D eigenvalue weighted by atomic mass is 9.97. The van der Waals surface area contributed by atoms with Gasteiger partial charge in [-0.05, 0) is 12.3 Å². The Hall–Kier alpha value is -2.11. The molecule has 2 atom stereocenters. The van der Waals surface area contributed by atoms with Crippen molar-refractivity contribution >= 4 is 16.7 Å². The highest BCUT2D eigenvalue weighted by molar-refractivity contribution is 5.89. The first-order valence-electron chi connectivity index (χ1n) is 6.77. The summed E-state index contributed by atoms with van der Waals surface area (Å²) in [6.45, 7) is 1.87. The van der Waals surface area contributed by atoms with E-state index in [2.05, 4.69) is 0 Å². The van der Waals surface area contributed by atoms with Crippen molar-refractivity contribution in [2.24, 2.45) is 0 Å². The van der Waals surface area contributed by atoms with Gasteiger partial charge in [0, 0.05) is 10.9 Å². The first-order chi connectivity index (χ1) is 10.0. The number of fused-ring (bicyclic) bond motifs is 1. The summed E-state index contributed by atoms with van der Waals surface area (Å²) in [5.41, 5.74) is 0.186. The Morgan fingerprint density at radius 2 is 1.90 bits per heavy atom. The van der Waals surface area contributed by atoms with Gasteiger partial charge < -0.3 is 20.1 Å². The normalized spacial score (nSPS) is 13.9. The second-order valence-electron chi connectivity index (χ2n) is 4.75. The number of aliphatic hydroxyl groups excluding tert-OH is 2. The van der Waals surface area contributed by atoms with Gasteiger partial charge in [0.2, 0.25) is 0 Å². The van der Waals surface area contributed by atoms with E-state index in [1.807, 2.05) is 12.1 Å². The van der Waals surface area contributed by atoms with Crippen LogP contribution in [0.4, 0.5) is 0 Å². The minimum Gasteiger partial charge on any atom is -0.507 e. The van der Waals surface area contributed by atoms with Crippen LogP contribution in [0.3, 0.4) is 0 Å². The van der Waals surface area contributed by atoms with Gasteiger partial charge in [0.1, 0.15) is 11.9 Å². The van der Waals surface area contributed by atoms with Crippen LogP contribution in [0.1, 0.15) is 25.0 Å². The van der Waals surface area contributed by atoms with Crippen molar-refractivity contribution in [1.82, 2.24) is 0 Å². The van der Waals surface area contributed by atoms with E-state index >= 15 is 0 Å². The predicted molar refractivity (Wildman–Crippen MR) is 77.8 cm³/mol. The maximum Gasteiger partial charge on any atom is 0.308 e. The quantitative estimate of drug-likeness (QED) is 0.732. The lowest BCUT2D eigenvalue weighted by molar-refractivity contribution is -0.147. The molecule has 0 fully saturated rings. The van der Waals surface area contributed by atoms with Crippen molar-refractivity contribution < 1.29 is 24.9 Å². The number of aliphatic hydroxyl groups is 2. The fourth-order valence-electron chi connectivity index (χ4n) is 2.22. The molecular weight excluding hydrogens is 272 g/mol. The van der Waals surface area contributed by atoms with Crippen molar-refractivity contribution in [1.29, 1.82) is 0 Å². The molecule has 0 bridgehead atoms. The zero-order valence-electron chi connectivity index (χ0n) is 11.7. The van der Waals surface area contributed by atoms with Crippen LogP contribution in [0.5, 0.6) is 5.75 Å². The molecule has 21 heavy (non-hydrogen) atoms. The molecule has 0 amide bonds. The summed E-state index contributed by atoms with van der Waals surface area (Å²) in [5.74, 6) is -0.687. The van der Waals surface area contributed by atoms with Crippen molar-refractivity contribution in [3.63, 3.8) is 0 Å². The van der Waals surface area contributed by atoms with E-state index in [1.54, 1.807) is 25.1 Å². The molecule has 0 aromatic heterocycles. The summed E-state index contributed by atoms with van der Waals surface area (Å²) in [4.78, 5) is 11.3. The van der Waals surface area contributed by atoms with E-state index in [0.29, 0.717) is 5.39 Å². The molecule has 5 nitrogen and oxygen atoms in total. The summed E-state index contributed by atoms with van der Waals surface area (Å²) in [5, 5.41) is 31.7. The molecule has 0 aliphatic heterocycles. The Bertz CT molecular complexity index is 638. The summed E-state index contributed by atoms with van der Waals surface area (Å²) < 4.78 is 4.73. The van der Waals surface area contributed by atoms with Gasteiger partial charge in [0.15, 0.2) is 0 Å². The number of hydrogen-bond acceptors (Lipinski definition) is 5. The summed E-state index contributed by atoms with van der Waals surface area (Å²) in [6.07, 6.45) is -3.03. The number of aromatic hydroxyl groups is 1. The van der Waals surface area contributed by atoms with Crippen LogP contribution < -0.4 is 0 Å². The van der Waals surface area contributed by atoms with Crippen LogP contribution in [0.15, 0.2) is 36.4 Å². The van der Waals surface area contributed by atoms with E-state index in [-0.39, 0.29) is 24.3 Å². The van der Waals surface area contributed by atoms with E-state index in [4.69, 9.17) is 4.74 Å². The third-order valence-electron chi connectivity index (χ3n) is 3.30. The SMILES string of the molecule is CCOC(=O)CC(O)C(O)c1ccc2ccccc2c1O. The molecule has 5 heteroatoms. The number of hydrogen-bond donors (Lipinski definition) is 3. The first kappa shape index (κ1) is 15.3. The first-order valence-corrected chi connectivity index (χ1v) is 6.77. The van der Waals surface area contributed by atoms with Crippen molar-refractivity contribution in [3.8, 4) is 5.75 Å². The summed E-state index contributed by atoms with van der Waals surface area (Å²) in [6, 6.07) is 10.4. The summed E-state index contributed by atoms with van der Waals surface area (Å²) in [7, 11) is 0. The highest BCUT2D eigenvalue weighted by atomic mass is 16.5. The number of esters is 1. The molecule has 2 aromatic rings. The molecule has 0 saturated heterocycles. The monoisotopic (exact) mass is 290 g/mol. The van der Waals surface area contributed by atoms with Crippen molar-refractivity contribution in [3.05, 3.63) is 42.0 Å². The molecule has 0 aliphatic rings. The van der Waals surface area contributed by atoms with Crippen LogP contribution in [-0.2, 0) is 9.53 Å². The highest BCUT2D eigenvalue weighted by Gasteiger charge is 2.25. The van der Waals surface area contributed by atoms with Crippen LogP contribution >= 0.6 is 0 Å². The van der Waals surface area contributed by atoms with Crippen LogP contribution in [0.2, 0.25) is 0 Å². The number of ether oxygens (including phenoxy) is 1. The van der Waals surface area contributed by atoms with Gasteiger partial charge >= 0.3 is 5.97 Å². The Morgan fingerprint density at radius 1 is 1.19 bits per heavy atom. The molecule has 0 saturated carbocycles. The Kier molecular flexibility index (Phi) is 4.77. The molecule has 0 spiro atoms. The van der Waals surface area contributed by atoms with Gasteiger partial charge in [-0.3, -0.25) is 4.79 Å². The minimum absolute atomic E-state index is 0.0940. The van der Waals surface area contributed by atoms with Crippen LogP contribution in [0.25, 0.3) is 10.8 Å². The number of carbonyl (C=O) groups is 1. The number of phenols is 1. The van der Waals surface area contributed by atoms with E-state index in [0.717, 1.165) is 5.39 Å². The minimum atomic E-state index is -1.36. The third kappa shape index (κ3) is 3.32. The Balaban J connectivity index is 2.24. The van der Waals surface area contributed by atoms with Gasteiger partial charge in [0.05, 0.1) is 19.1 Å². The average Bonchev–Trinajstić information content (AvgIpc) is 2.47. The van der Waals surface area contributed by atoms with E-state index in [1.165, 1.54) is 6.07 Å². The molecule has 2 rings (SSSR count). The second-order valence-corrected chi connectivity index (χ2v) is 4.75. The Labute approximate surface area is 122 Å². The van der Waals surface area contributed by atoms with Gasteiger partial charge in [-0.2, -0.15) is 0 Å². The number of phenolic OH excluding ortho intramolecular Hbond substituents is 1. The standard InChI is InChI=1S/C16H18O5/c1-2-21-14(18)9-13(17)16(20)12-8-7-10-5-3-4-6-11(10)15(12)19/h3-8,13,16-17,19-20H,2,9H2,1H3. The molecule has 112 valence electrons.